The maximum absolute atomic E-state index is 11.0. The highest BCUT2D eigenvalue weighted by Crippen LogP contribution is 2.30. The topological polar surface area (TPSA) is 72.2 Å². The predicted molar refractivity (Wildman–Crippen MR) is 70.5 cm³/mol. The molecule has 0 fully saturated rings. The Bertz CT molecular complexity index is 580. The van der Waals surface area contributed by atoms with Crippen LogP contribution in [0, 0.1) is 0 Å². The molecule has 0 saturated carbocycles. The number of hydrogen-bond acceptors (Lipinski definition) is 2. The van der Waals surface area contributed by atoms with E-state index < -0.39 is 6.03 Å². The number of para-hydroxylation sites is 1. The van der Waals surface area contributed by atoms with Crippen LogP contribution in [0.2, 0.25) is 0 Å². The summed E-state index contributed by atoms with van der Waals surface area (Å²) in [5, 5.41) is 2.50. The summed E-state index contributed by atoms with van der Waals surface area (Å²) >= 11 is 0. The fourth-order valence-electron chi connectivity index (χ4n) is 1.79. The van der Waals surface area contributed by atoms with E-state index >= 15 is 0 Å². The van der Waals surface area contributed by atoms with Gasteiger partial charge in [-0.15, -0.1) is 0 Å². The maximum atomic E-state index is 11.0. The van der Waals surface area contributed by atoms with Gasteiger partial charge in [0.05, 0.1) is 5.69 Å². The number of nitrogens with one attached hydrogen (secondary N) is 1. The molecule has 3 N–H and O–H groups in total. The first kappa shape index (κ1) is 11.9. The smallest absolute Gasteiger partial charge is 0.316 e. The van der Waals surface area contributed by atoms with Crippen molar-refractivity contribution in [2.24, 2.45) is 5.73 Å². The van der Waals surface area contributed by atoms with Gasteiger partial charge in [-0.25, -0.2) is 4.79 Å². The molecule has 2 amide bonds. The molecule has 0 aliphatic carbocycles. The molecule has 2 aromatic carbocycles. The van der Waals surface area contributed by atoms with Crippen LogP contribution < -0.4 is 11.1 Å². The number of carbonyl (C=O) groups excluding carboxylic acids is 2. The van der Waals surface area contributed by atoms with Gasteiger partial charge in [-0.3, -0.25) is 4.79 Å². The molecule has 2 rings (SSSR count). The van der Waals surface area contributed by atoms with Gasteiger partial charge in [-0.05, 0) is 11.6 Å². The highest BCUT2D eigenvalue weighted by Gasteiger charge is 2.10. The lowest BCUT2D eigenvalue weighted by molar-refractivity contribution is 0.112. The minimum atomic E-state index is -0.693. The number of hydrogen-bond donors (Lipinski definition) is 2. The fraction of sp³-hybridized carbons (Fsp3) is 0. The van der Waals surface area contributed by atoms with Crippen molar-refractivity contribution in [3.63, 3.8) is 0 Å². The van der Waals surface area contributed by atoms with Gasteiger partial charge in [0.1, 0.15) is 0 Å². The zero-order valence-corrected chi connectivity index (χ0v) is 9.59. The van der Waals surface area contributed by atoms with E-state index in [9.17, 15) is 9.59 Å². The second-order valence-electron chi connectivity index (χ2n) is 3.74. The molecule has 90 valence electrons. The first-order valence-electron chi connectivity index (χ1n) is 5.42. The van der Waals surface area contributed by atoms with Crippen molar-refractivity contribution in [3.8, 4) is 11.1 Å². The van der Waals surface area contributed by atoms with E-state index in [1.807, 2.05) is 36.4 Å². The lowest BCUT2D eigenvalue weighted by Gasteiger charge is -2.12. The minimum absolute atomic E-state index is 0.398. The van der Waals surface area contributed by atoms with Crippen LogP contribution in [0.4, 0.5) is 10.5 Å². The number of urea groups is 1. The third kappa shape index (κ3) is 2.38. The summed E-state index contributed by atoms with van der Waals surface area (Å²) in [4.78, 5) is 22.0. The van der Waals surface area contributed by atoms with Gasteiger partial charge >= 0.3 is 6.03 Å². The van der Waals surface area contributed by atoms with Crippen molar-refractivity contribution in [1.29, 1.82) is 0 Å². The van der Waals surface area contributed by atoms with E-state index in [0.29, 0.717) is 17.5 Å². The van der Waals surface area contributed by atoms with Crippen LogP contribution >= 0.6 is 0 Å². The normalized spacial score (nSPS) is 9.78. The summed E-state index contributed by atoms with van der Waals surface area (Å²) in [6, 6.07) is 14.0. The predicted octanol–water partition coefficient (Wildman–Crippen LogP) is 2.66. The summed E-state index contributed by atoms with van der Waals surface area (Å²) in [6.45, 7) is 0. The monoisotopic (exact) mass is 240 g/mol. The highest BCUT2D eigenvalue weighted by atomic mass is 16.2. The van der Waals surface area contributed by atoms with Crippen LogP contribution in [0.5, 0.6) is 0 Å². The van der Waals surface area contributed by atoms with E-state index in [2.05, 4.69) is 5.32 Å². The van der Waals surface area contributed by atoms with Gasteiger partial charge in [0.2, 0.25) is 0 Å². The molecule has 0 bridgehead atoms. The second kappa shape index (κ2) is 5.14. The summed E-state index contributed by atoms with van der Waals surface area (Å²) in [6.07, 6.45) is 0.692. The lowest BCUT2D eigenvalue weighted by atomic mass is 10.0. The van der Waals surface area contributed by atoms with E-state index in [0.717, 1.165) is 11.1 Å². The molecule has 4 nitrogen and oxygen atoms in total. The first-order chi connectivity index (χ1) is 8.72. The molecule has 4 heteroatoms. The van der Waals surface area contributed by atoms with Crippen LogP contribution in [-0.2, 0) is 0 Å². The van der Waals surface area contributed by atoms with E-state index in [4.69, 9.17) is 5.73 Å². The third-order valence-electron chi connectivity index (χ3n) is 2.56. The largest absolute Gasteiger partial charge is 0.351 e. The fourth-order valence-corrected chi connectivity index (χ4v) is 1.79. The summed E-state index contributed by atoms with van der Waals surface area (Å²) < 4.78 is 0. The Morgan fingerprint density at radius 2 is 1.78 bits per heavy atom. The molecule has 0 radical (unpaired) electrons. The maximum Gasteiger partial charge on any atom is 0.316 e. The van der Waals surface area contributed by atoms with Crippen LogP contribution in [0.3, 0.4) is 0 Å². The summed E-state index contributed by atoms with van der Waals surface area (Å²) in [5.41, 5.74) is 7.63. The van der Waals surface area contributed by atoms with Crippen LogP contribution in [-0.4, -0.2) is 12.3 Å². The second-order valence-corrected chi connectivity index (χ2v) is 3.74. The van der Waals surface area contributed by atoms with Gasteiger partial charge in [0, 0.05) is 11.1 Å². The third-order valence-corrected chi connectivity index (χ3v) is 2.56. The summed E-state index contributed by atoms with van der Waals surface area (Å²) in [5.74, 6) is 0. The van der Waals surface area contributed by atoms with Crippen molar-refractivity contribution in [3.05, 3.63) is 54.1 Å². The summed E-state index contributed by atoms with van der Waals surface area (Å²) in [7, 11) is 0. The van der Waals surface area contributed by atoms with Gasteiger partial charge < -0.3 is 11.1 Å². The van der Waals surface area contributed by atoms with Crippen molar-refractivity contribution in [1.82, 2.24) is 0 Å². The average molecular weight is 240 g/mol. The number of primary amides is 1. The number of aldehydes is 1. The first-order valence-corrected chi connectivity index (χ1v) is 5.42. The Morgan fingerprint density at radius 3 is 2.39 bits per heavy atom. The molecular weight excluding hydrogens is 228 g/mol. The Kier molecular flexibility index (Phi) is 3.38. The SMILES string of the molecule is NC(=O)Nc1c(C=O)cccc1-c1ccccc1. The number of rotatable bonds is 3. The average Bonchev–Trinajstić information content (AvgIpc) is 2.39. The molecular formula is C14H12N2O2. The van der Waals surface area contributed by atoms with Crippen molar-refractivity contribution < 1.29 is 9.59 Å². The molecule has 0 unspecified atom stereocenters. The van der Waals surface area contributed by atoms with E-state index in [-0.39, 0.29) is 0 Å². The van der Waals surface area contributed by atoms with E-state index in [1.165, 1.54) is 0 Å². The minimum Gasteiger partial charge on any atom is -0.351 e. The van der Waals surface area contributed by atoms with Crippen molar-refractivity contribution >= 4 is 18.0 Å². The van der Waals surface area contributed by atoms with E-state index in [1.54, 1.807) is 12.1 Å². The zero-order chi connectivity index (χ0) is 13.0. The van der Waals surface area contributed by atoms with Gasteiger partial charge in [0.25, 0.3) is 0 Å². The van der Waals surface area contributed by atoms with Crippen molar-refractivity contribution in [2.45, 2.75) is 0 Å². The molecule has 0 aliphatic heterocycles. The van der Waals surface area contributed by atoms with Gasteiger partial charge in [-0.1, -0.05) is 42.5 Å². The molecule has 0 aromatic heterocycles. The van der Waals surface area contributed by atoms with Crippen LogP contribution in [0.1, 0.15) is 10.4 Å². The molecule has 0 saturated heterocycles. The molecule has 0 atom stereocenters. The molecule has 2 aromatic rings. The Balaban J connectivity index is 2.59. The highest BCUT2D eigenvalue weighted by molar-refractivity contribution is 6.00. The van der Waals surface area contributed by atoms with Crippen LogP contribution in [0.15, 0.2) is 48.5 Å². The molecule has 0 spiro atoms. The quantitative estimate of drug-likeness (QED) is 0.809. The number of benzene rings is 2. The molecule has 0 aliphatic rings. The number of amides is 2. The Labute approximate surface area is 104 Å². The Morgan fingerprint density at radius 1 is 1.06 bits per heavy atom. The standard InChI is InChI=1S/C14H12N2O2/c15-14(18)16-13-11(9-17)7-4-8-12(13)10-5-2-1-3-6-10/h1-9H,(H3,15,16,18). The Hall–Kier alpha value is -2.62. The zero-order valence-electron chi connectivity index (χ0n) is 9.59. The number of anilines is 1. The number of carbonyl (C=O) groups is 2. The van der Waals surface area contributed by atoms with Crippen molar-refractivity contribution in [2.75, 3.05) is 5.32 Å². The molecule has 0 heterocycles. The van der Waals surface area contributed by atoms with Gasteiger partial charge in [-0.2, -0.15) is 0 Å². The van der Waals surface area contributed by atoms with Crippen LogP contribution in [0.25, 0.3) is 11.1 Å². The van der Waals surface area contributed by atoms with Gasteiger partial charge in [0.15, 0.2) is 6.29 Å². The number of nitrogens with two attached hydrogens (primary N) is 1. The lowest BCUT2D eigenvalue weighted by Crippen LogP contribution is -2.20. The molecule has 18 heavy (non-hydrogen) atoms.